The average molecular weight is 593 g/mol. The Labute approximate surface area is 265 Å². The van der Waals surface area contributed by atoms with Gasteiger partial charge in [-0.2, -0.15) is 9.13 Å². The van der Waals surface area contributed by atoms with E-state index < -0.39 is 0 Å². The summed E-state index contributed by atoms with van der Waals surface area (Å²) < 4.78 is 5.27. The first-order chi connectivity index (χ1) is 21.7. The van der Waals surface area contributed by atoms with Crippen LogP contribution in [0.2, 0.25) is 0 Å². The van der Waals surface area contributed by atoms with Crippen molar-refractivity contribution in [3.8, 4) is 0 Å². The maximum Gasteiger partial charge on any atom is 0.214 e. The van der Waals surface area contributed by atoms with Gasteiger partial charge in [-0.25, -0.2) is 0 Å². The van der Waals surface area contributed by atoms with Gasteiger partial charge in [0.05, 0.1) is 10.8 Å². The first-order valence-corrected chi connectivity index (χ1v) is 18.2. The minimum atomic E-state index is 0.926. The Kier molecular flexibility index (Phi) is 10.7. The monoisotopic (exact) mass is 592 g/mol. The molecular weight excluding hydrogens is 536 g/mol. The molecule has 2 heterocycles. The number of rotatable bonds is 13. The number of pyridine rings is 2. The number of nitrogens with zero attached hydrogens (tertiary/aromatic N) is 2. The first-order valence-electron chi connectivity index (χ1n) is 18.2. The molecule has 0 atom stereocenters. The van der Waals surface area contributed by atoms with E-state index in [-0.39, 0.29) is 0 Å². The molecule has 4 nitrogen and oxygen atoms in total. The van der Waals surface area contributed by atoms with Gasteiger partial charge in [0, 0.05) is 60.3 Å². The lowest BCUT2D eigenvalue weighted by Crippen LogP contribution is -2.40. The van der Waals surface area contributed by atoms with E-state index in [0.717, 1.165) is 24.5 Å². The molecule has 6 rings (SSSR count). The predicted octanol–water partition coefficient (Wildman–Crippen LogP) is 8.87. The standard InChI is InChI=1S/C40H54N4/c41-35-21-17-25-39-33(35)29-31-19-11-9-13-23-37(31)43(39)27-15-7-5-3-1-2-4-6-8-16-28-44-38-24-14-10-12-20-32(38)30-34-36(42)22-18-26-40(34)44/h17-18,21-22,25-26,29-30,41-42H,1-16,19-20,23-24,27-28H2/p+2. The summed E-state index contributed by atoms with van der Waals surface area (Å²) in [6.07, 6.45) is 26.3. The van der Waals surface area contributed by atoms with Gasteiger partial charge < -0.3 is 11.5 Å². The molecule has 4 aromatic rings. The summed E-state index contributed by atoms with van der Waals surface area (Å²) in [7, 11) is 0. The smallest absolute Gasteiger partial charge is 0.214 e. The molecule has 0 fully saturated rings. The summed E-state index contributed by atoms with van der Waals surface area (Å²) in [5.74, 6) is 0. The van der Waals surface area contributed by atoms with Crippen LogP contribution in [0.4, 0.5) is 11.4 Å². The molecular formula is C40H56N4+2. The van der Waals surface area contributed by atoms with Gasteiger partial charge in [-0.1, -0.05) is 63.5 Å². The summed E-state index contributed by atoms with van der Waals surface area (Å²) >= 11 is 0. The summed E-state index contributed by atoms with van der Waals surface area (Å²) in [5.41, 5.74) is 23.6. The third-order valence-corrected chi connectivity index (χ3v) is 10.6. The fourth-order valence-corrected chi connectivity index (χ4v) is 8.14. The lowest BCUT2D eigenvalue weighted by Gasteiger charge is -2.12. The van der Waals surface area contributed by atoms with E-state index in [2.05, 4.69) is 57.7 Å². The molecule has 4 N–H and O–H groups in total. The van der Waals surface area contributed by atoms with Crippen LogP contribution in [0.25, 0.3) is 21.8 Å². The molecule has 0 saturated heterocycles. The number of aromatic nitrogens is 2. The molecule has 44 heavy (non-hydrogen) atoms. The summed E-state index contributed by atoms with van der Waals surface area (Å²) in [6, 6.07) is 17.7. The number of hydrogen-bond acceptors (Lipinski definition) is 2. The van der Waals surface area contributed by atoms with Crippen LogP contribution in [0.1, 0.15) is 125 Å². The molecule has 2 aromatic heterocycles. The second-order valence-corrected chi connectivity index (χ2v) is 13.8. The van der Waals surface area contributed by atoms with Crippen molar-refractivity contribution in [1.82, 2.24) is 0 Å². The highest BCUT2D eigenvalue weighted by Crippen LogP contribution is 2.27. The van der Waals surface area contributed by atoms with Crippen LogP contribution in [0.3, 0.4) is 0 Å². The molecule has 0 spiro atoms. The summed E-state index contributed by atoms with van der Waals surface area (Å²) in [4.78, 5) is 0. The van der Waals surface area contributed by atoms with Crippen molar-refractivity contribution in [2.75, 3.05) is 11.5 Å². The summed E-state index contributed by atoms with van der Waals surface area (Å²) in [5, 5.41) is 2.51. The van der Waals surface area contributed by atoms with Gasteiger partial charge in [-0.15, -0.1) is 0 Å². The van der Waals surface area contributed by atoms with Crippen LogP contribution in [-0.2, 0) is 38.8 Å². The van der Waals surface area contributed by atoms with E-state index in [1.165, 1.54) is 150 Å². The minimum Gasteiger partial charge on any atom is -0.398 e. The summed E-state index contributed by atoms with van der Waals surface area (Å²) in [6.45, 7) is 2.27. The van der Waals surface area contributed by atoms with Crippen LogP contribution >= 0.6 is 0 Å². The molecule has 0 amide bonds. The van der Waals surface area contributed by atoms with E-state index in [1.807, 2.05) is 0 Å². The zero-order chi connectivity index (χ0) is 30.1. The van der Waals surface area contributed by atoms with Crippen molar-refractivity contribution >= 4 is 33.2 Å². The second kappa shape index (κ2) is 15.2. The van der Waals surface area contributed by atoms with Crippen molar-refractivity contribution < 1.29 is 9.13 Å². The largest absolute Gasteiger partial charge is 0.398 e. The average Bonchev–Trinajstić information content (AvgIpc) is 3.42. The number of benzene rings is 2. The molecule has 2 aliphatic carbocycles. The lowest BCUT2D eigenvalue weighted by molar-refractivity contribution is -0.679. The Bertz CT molecular complexity index is 1440. The Balaban J connectivity index is 0.913. The molecule has 0 aliphatic heterocycles. The molecule has 2 aromatic carbocycles. The molecule has 0 saturated carbocycles. The van der Waals surface area contributed by atoms with Gasteiger partial charge in [0.2, 0.25) is 11.0 Å². The number of hydrogen-bond donors (Lipinski definition) is 2. The van der Waals surface area contributed by atoms with Crippen molar-refractivity contribution in [2.24, 2.45) is 0 Å². The number of nitrogen functional groups attached to an aromatic ring is 2. The molecule has 0 bridgehead atoms. The van der Waals surface area contributed by atoms with Crippen molar-refractivity contribution in [3.63, 3.8) is 0 Å². The predicted molar refractivity (Wildman–Crippen MR) is 186 cm³/mol. The quantitative estimate of drug-likeness (QED) is 0.0705. The molecule has 4 heteroatoms. The van der Waals surface area contributed by atoms with E-state index in [9.17, 15) is 0 Å². The van der Waals surface area contributed by atoms with Gasteiger partial charge in [0.25, 0.3) is 0 Å². The van der Waals surface area contributed by atoms with Gasteiger partial charge >= 0.3 is 0 Å². The zero-order valence-electron chi connectivity index (χ0n) is 27.2. The molecule has 234 valence electrons. The second-order valence-electron chi connectivity index (χ2n) is 13.8. The molecule has 0 radical (unpaired) electrons. The Hall–Kier alpha value is -3.14. The normalized spacial score (nSPS) is 15.2. The molecule has 2 aliphatic rings. The van der Waals surface area contributed by atoms with E-state index in [1.54, 1.807) is 22.5 Å². The highest BCUT2D eigenvalue weighted by atomic mass is 15.0. The third-order valence-electron chi connectivity index (χ3n) is 10.6. The Morgan fingerprint density at radius 3 is 1.27 bits per heavy atom. The van der Waals surface area contributed by atoms with Crippen LogP contribution in [0, 0.1) is 0 Å². The van der Waals surface area contributed by atoms with E-state index >= 15 is 0 Å². The van der Waals surface area contributed by atoms with Crippen molar-refractivity contribution in [1.29, 1.82) is 0 Å². The topological polar surface area (TPSA) is 59.8 Å². The molecule has 0 unspecified atom stereocenters. The van der Waals surface area contributed by atoms with Crippen molar-refractivity contribution in [2.45, 2.75) is 142 Å². The minimum absolute atomic E-state index is 0.926. The van der Waals surface area contributed by atoms with E-state index in [4.69, 9.17) is 11.5 Å². The maximum atomic E-state index is 6.42. The SMILES string of the molecule is Nc1cccc2c1cc1c([n+]2CCCCCCCCCCCC[n+]2c3c(cc4c(N)cccc42)CCCCC3)CCCCC1. The number of fused-ring (bicyclic) bond motifs is 4. The Morgan fingerprint density at radius 2 is 0.841 bits per heavy atom. The lowest BCUT2D eigenvalue weighted by atomic mass is 10.0. The number of aryl methyl sites for hydroxylation is 4. The van der Waals surface area contributed by atoms with Crippen molar-refractivity contribution in [3.05, 3.63) is 71.0 Å². The third kappa shape index (κ3) is 7.22. The van der Waals surface area contributed by atoms with Gasteiger partial charge in [0.1, 0.15) is 13.1 Å². The maximum absolute atomic E-state index is 6.42. The van der Waals surface area contributed by atoms with E-state index in [0.29, 0.717) is 0 Å². The van der Waals surface area contributed by atoms with Gasteiger partial charge in [0.15, 0.2) is 11.4 Å². The zero-order valence-corrected chi connectivity index (χ0v) is 27.2. The fourth-order valence-electron chi connectivity index (χ4n) is 8.14. The number of anilines is 2. The van der Waals surface area contributed by atoms with Crippen LogP contribution in [-0.4, -0.2) is 0 Å². The van der Waals surface area contributed by atoms with Crippen LogP contribution in [0.5, 0.6) is 0 Å². The number of nitrogens with two attached hydrogens (primary N) is 2. The highest BCUT2D eigenvalue weighted by Gasteiger charge is 2.24. The first kappa shape index (κ1) is 30.9. The van der Waals surface area contributed by atoms with Gasteiger partial charge in [-0.05, 0) is 75.6 Å². The van der Waals surface area contributed by atoms with Gasteiger partial charge in [-0.3, -0.25) is 0 Å². The van der Waals surface area contributed by atoms with Crippen LogP contribution in [0.15, 0.2) is 48.5 Å². The Morgan fingerprint density at radius 1 is 0.455 bits per heavy atom. The highest BCUT2D eigenvalue weighted by molar-refractivity contribution is 5.89. The number of unbranched alkanes of at least 4 members (excludes halogenated alkanes) is 9. The fraction of sp³-hybridized carbons (Fsp3) is 0.550. The van der Waals surface area contributed by atoms with Crippen LogP contribution < -0.4 is 20.6 Å².